The van der Waals surface area contributed by atoms with Crippen LogP contribution >= 0.6 is 11.3 Å². The van der Waals surface area contributed by atoms with Gasteiger partial charge in [-0.2, -0.15) is 5.26 Å². The fraction of sp³-hybridized carbons (Fsp3) is 0.500. The van der Waals surface area contributed by atoms with Crippen molar-refractivity contribution in [3.63, 3.8) is 0 Å². The first-order valence-electron chi connectivity index (χ1n) is 16.2. The maximum absolute atomic E-state index is 17.0. The number of carbonyl (C=O) groups is 1. The summed E-state index contributed by atoms with van der Waals surface area (Å²) in [6, 6.07) is 2.60. The highest BCUT2D eigenvalue weighted by molar-refractivity contribution is 7.23. The van der Waals surface area contributed by atoms with Gasteiger partial charge in [0.05, 0.1) is 47.5 Å². The van der Waals surface area contributed by atoms with Crippen LogP contribution in [0.4, 0.5) is 24.5 Å². The predicted octanol–water partition coefficient (Wildman–Crippen LogP) is 5.27. The highest BCUT2D eigenvalue weighted by Crippen LogP contribution is 2.46. The summed E-state index contributed by atoms with van der Waals surface area (Å²) >= 11 is 0.861. The van der Waals surface area contributed by atoms with Crippen molar-refractivity contribution in [2.75, 3.05) is 57.1 Å². The lowest BCUT2D eigenvalue weighted by Crippen LogP contribution is -2.56. The quantitative estimate of drug-likeness (QED) is 0.294. The fourth-order valence-corrected chi connectivity index (χ4v) is 8.07. The third kappa shape index (κ3) is 5.95. The smallest absolute Gasteiger partial charge is 0.412 e. The molecule has 3 aromatic heterocycles. The van der Waals surface area contributed by atoms with Gasteiger partial charge in [0.25, 0.3) is 0 Å². The monoisotopic (exact) mass is 692 g/mol. The van der Waals surface area contributed by atoms with Crippen LogP contribution in [0.2, 0.25) is 0 Å². The van der Waals surface area contributed by atoms with Crippen LogP contribution in [0, 0.1) is 23.0 Å². The molecule has 0 saturated carbocycles. The number of nitriles is 1. The second-order valence-electron chi connectivity index (χ2n) is 13.8. The molecule has 2 saturated heterocycles. The summed E-state index contributed by atoms with van der Waals surface area (Å²) in [5.41, 5.74) is 0.609. The van der Waals surface area contributed by atoms with Crippen LogP contribution in [0.25, 0.3) is 32.2 Å². The maximum atomic E-state index is 17.0. The molecular weight excluding hydrogens is 654 g/mol. The first-order valence-corrected chi connectivity index (χ1v) is 17.0. The number of amides is 1. The molecule has 4 aromatic rings. The van der Waals surface area contributed by atoms with Gasteiger partial charge >= 0.3 is 6.09 Å². The average molecular weight is 693 g/mol. The van der Waals surface area contributed by atoms with Crippen molar-refractivity contribution in [3.05, 3.63) is 40.7 Å². The topological polar surface area (TPSA) is 129 Å². The van der Waals surface area contributed by atoms with E-state index in [4.69, 9.17) is 19.2 Å². The number of halogens is 2. The lowest BCUT2D eigenvalue weighted by atomic mass is 9.94. The maximum Gasteiger partial charge on any atom is 0.412 e. The molecule has 6 heterocycles. The van der Waals surface area contributed by atoms with Gasteiger partial charge in [-0.15, -0.1) is 11.3 Å². The molecule has 7 rings (SSSR count). The van der Waals surface area contributed by atoms with Crippen LogP contribution in [0.5, 0.6) is 0 Å². The van der Waals surface area contributed by atoms with Crippen LogP contribution in [-0.2, 0) is 27.4 Å². The van der Waals surface area contributed by atoms with E-state index in [1.807, 2.05) is 4.90 Å². The Morgan fingerprint density at radius 2 is 1.92 bits per heavy atom. The first-order chi connectivity index (χ1) is 23.4. The van der Waals surface area contributed by atoms with Crippen molar-refractivity contribution in [1.82, 2.24) is 24.8 Å². The molecule has 0 aliphatic carbocycles. The summed E-state index contributed by atoms with van der Waals surface area (Å²) in [4.78, 5) is 33.3. The molecular formula is C34H38F2N8O4S. The van der Waals surface area contributed by atoms with Crippen LogP contribution in [0.15, 0.2) is 12.4 Å². The van der Waals surface area contributed by atoms with Crippen LogP contribution < -0.4 is 10.2 Å². The zero-order chi connectivity index (χ0) is 34.8. The van der Waals surface area contributed by atoms with E-state index in [0.29, 0.717) is 41.6 Å². The second-order valence-corrected chi connectivity index (χ2v) is 14.9. The number of anilines is 2. The molecule has 49 heavy (non-hydrogen) atoms. The third-order valence-electron chi connectivity index (χ3n) is 9.60. The molecule has 3 aliphatic rings. The van der Waals surface area contributed by atoms with Gasteiger partial charge in [-0.05, 0) is 45.9 Å². The number of nitrogens with one attached hydrogen (secondary N) is 1. The summed E-state index contributed by atoms with van der Waals surface area (Å²) in [6.45, 7) is 11.6. The van der Waals surface area contributed by atoms with Crippen LogP contribution in [0.3, 0.4) is 0 Å². The molecule has 1 aromatic carbocycles. The SMILES string of the molecule is COC1CN(c2ncc3c4c(c(-c5ncc(F)c6sc(NC(=O)OC(C)(C)C)c(C#N)c56)c(F)c3n2)COC4)CC1N1CCN(C)[C@@H](C)C1. The Labute approximate surface area is 286 Å². The summed E-state index contributed by atoms with van der Waals surface area (Å²) < 4.78 is 49.4. The van der Waals surface area contributed by atoms with E-state index in [9.17, 15) is 10.1 Å². The van der Waals surface area contributed by atoms with E-state index in [1.165, 1.54) is 0 Å². The Morgan fingerprint density at radius 3 is 2.63 bits per heavy atom. The number of hydrogen-bond donors (Lipinski definition) is 1. The molecule has 3 aliphatic heterocycles. The molecule has 15 heteroatoms. The Morgan fingerprint density at radius 1 is 1.14 bits per heavy atom. The molecule has 0 bridgehead atoms. The largest absolute Gasteiger partial charge is 0.444 e. The number of nitrogens with zero attached hydrogens (tertiary/aromatic N) is 7. The summed E-state index contributed by atoms with van der Waals surface area (Å²) in [5, 5.41) is 13.5. The van der Waals surface area contributed by atoms with Crippen molar-refractivity contribution < 1.29 is 27.8 Å². The van der Waals surface area contributed by atoms with E-state index in [1.54, 1.807) is 34.1 Å². The number of piperazine rings is 1. The lowest BCUT2D eigenvalue weighted by molar-refractivity contribution is 0.00954. The molecule has 2 fully saturated rings. The van der Waals surface area contributed by atoms with Gasteiger partial charge in [-0.1, -0.05) is 0 Å². The number of fused-ring (bicyclic) bond motifs is 4. The van der Waals surface area contributed by atoms with E-state index >= 15 is 8.78 Å². The van der Waals surface area contributed by atoms with Gasteiger partial charge < -0.3 is 24.0 Å². The van der Waals surface area contributed by atoms with Crippen molar-refractivity contribution >= 4 is 49.4 Å². The second kappa shape index (κ2) is 12.7. The van der Waals surface area contributed by atoms with Crippen molar-refractivity contribution in [3.8, 4) is 17.3 Å². The van der Waals surface area contributed by atoms with Gasteiger partial charge in [0.15, 0.2) is 11.6 Å². The van der Waals surface area contributed by atoms with Crippen molar-refractivity contribution in [2.24, 2.45) is 0 Å². The van der Waals surface area contributed by atoms with Gasteiger partial charge in [-0.25, -0.2) is 23.5 Å². The lowest BCUT2D eigenvalue weighted by Gasteiger charge is -2.41. The molecule has 1 N–H and O–H groups in total. The highest BCUT2D eigenvalue weighted by atomic mass is 32.1. The third-order valence-corrected chi connectivity index (χ3v) is 10.7. The summed E-state index contributed by atoms with van der Waals surface area (Å²) in [6.07, 6.45) is 1.75. The van der Waals surface area contributed by atoms with E-state index in [2.05, 4.69) is 45.1 Å². The number of benzene rings is 1. The van der Waals surface area contributed by atoms with E-state index < -0.39 is 23.3 Å². The fourth-order valence-electron chi connectivity index (χ4n) is 7.03. The molecule has 258 valence electrons. The molecule has 2 unspecified atom stereocenters. The number of carbonyl (C=O) groups excluding carboxylic acids is 1. The molecule has 0 radical (unpaired) electrons. The minimum absolute atomic E-state index is 0.0460. The number of aromatic nitrogens is 3. The van der Waals surface area contributed by atoms with E-state index in [0.717, 1.165) is 37.2 Å². The van der Waals surface area contributed by atoms with Gasteiger partial charge in [-0.3, -0.25) is 15.2 Å². The van der Waals surface area contributed by atoms with Gasteiger partial charge in [0, 0.05) is 68.4 Å². The highest BCUT2D eigenvalue weighted by Gasteiger charge is 2.40. The van der Waals surface area contributed by atoms with Gasteiger partial charge in [0.2, 0.25) is 5.95 Å². The number of pyridine rings is 1. The Hall–Kier alpha value is -4.07. The number of likely N-dealkylation sites (N-methyl/N-ethyl adjacent to an activating group) is 1. The normalized spacial score (nSPS) is 21.8. The molecule has 12 nitrogen and oxygen atoms in total. The standard InChI is InChI=1S/C34H38F2N8O4S/c1-17-12-43(8-7-42(17)5)23-13-44(14-24(23)46-6)32-39-10-19-20-15-47-16-21(20)25(27(36)28(19)40-32)29-26-18(9-37)31(41-33(45)48-34(2,3)4)49-30(26)22(35)11-38-29/h10-11,17,23-24H,7-8,12-16H2,1-6H3,(H,41,45)/t17-,23?,24?/m0/s1. The van der Waals surface area contributed by atoms with Crippen molar-refractivity contribution in [1.29, 1.82) is 5.26 Å². The molecule has 0 spiro atoms. The molecule has 1 amide bonds. The average Bonchev–Trinajstić information content (AvgIpc) is 3.80. The first kappa shape index (κ1) is 33.4. The predicted molar refractivity (Wildman–Crippen MR) is 182 cm³/mol. The minimum Gasteiger partial charge on any atom is -0.444 e. The Bertz CT molecular complexity index is 2010. The number of methoxy groups -OCH3 is 1. The number of ether oxygens (including phenoxy) is 3. The number of rotatable bonds is 5. The zero-order valence-electron chi connectivity index (χ0n) is 28.3. The minimum atomic E-state index is -0.803. The van der Waals surface area contributed by atoms with Crippen LogP contribution in [-0.4, -0.2) is 102 Å². The Balaban J connectivity index is 1.32. The zero-order valence-corrected chi connectivity index (χ0v) is 29.1. The summed E-state index contributed by atoms with van der Waals surface area (Å²) in [7, 11) is 3.85. The Kier molecular flexibility index (Phi) is 8.65. The molecule has 3 atom stereocenters. The summed E-state index contributed by atoms with van der Waals surface area (Å²) in [5.74, 6) is -1.01. The van der Waals surface area contributed by atoms with Crippen LogP contribution in [0.1, 0.15) is 44.4 Å². The van der Waals surface area contributed by atoms with Crippen molar-refractivity contribution in [2.45, 2.75) is 64.7 Å². The van der Waals surface area contributed by atoms with E-state index in [-0.39, 0.29) is 62.8 Å². The van der Waals surface area contributed by atoms with Gasteiger partial charge in [0.1, 0.15) is 22.2 Å². The number of thiophene rings is 1. The number of hydrogen-bond acceptors (Lipinski definition) is 12.